The molecule has 21 heavy (non-hydrogen) atoms. The van der Waals surface area contributed by atoms with Crippen molar-refractivity contribution in [2.45, 2.75) is 19.8 Å². The molecule has 0 saturated heterocycles. The fourth-order valence-electron chi connectivity index (χ4n) is 1.95. The highest BCUT2D eigenvalue weighted by molar-refractivity contribution is 7.80. The molecule has 0 heterocycles. The summed E-state index contributed by atoms with van der Waals surface area (Å²) in [5.74, 6) is 1.32. The Labute approximate surface area is 131 Å². The molecule has 0 spiro atoms. The quantitative estimate of drug-likeness (QED) is 0.807. The topological polar surface area (TPSA) is 33.3 Å². The molecule has 2 aromatic rings. The summed E-state index contributed by atoms with van der Waals surface area (Å²) in [6.45, 7) is 4.36. The van der Waals surface area contributed by atoms with Crippen LogP contribution < -0.4 is 15.4 Å². The maximum Gasteiger partial charge on any atom is 0.175 e. The van der Waals surface area contributed by atoms with E-state index in [-0.39, 0.29) is 0 Å². The SMILES string of the molecule is COc1cccc(NC(=S)Nc2ccc(C(C)C)cc2)c1. The van der Waals surface area contributed by atoms with Crippen molar-refractivity contribution in [1.29, 1.82) is 0 Å². The van der Waals surface area contributed by atoms with Crippen LogP contribution in [-0.4, -0.2) is 12.2 Å². The van der Waals surface area contributed by atoms with Gasteiger partial charge in [0.25, 0.3) is 0 Å². The van der Waals surface area contributed by atoms with Crippen LogP contribution in [0.4, 0.5) is 11.4 Å². The first kappa shape index (κ1) is 15.3. The van der Waals surface area contributed by atoms with Crippen LogP contribution in [0, 0.1) is 0 Å². The Bertz CT molecular complexity index is 608. The third kappa shape index (κ3) is 4.46. The van der Waals surface area contributed by atoms with E-state index in [9.17, 15) is 0 Å². The molecule has 0 saturated carbocycles. The summed E-state index contributed by atoms with van der Waals surface area (Å²) in [6.07, 6.45) is 0. The minimum Gasteiger partial charge on any atom is -0.497 e. The van der Waals surface area contributed by atoms with E-state index in [1.54, 1.807) is 7.11 Å². The van der Waals surface area contributed by atoms with Gasteiger partial charge < -0.3 is 15.4 Å². The lowest BCUT2D eigenvalue weighted by Gasteiger charge is -2.12. The second-order valence-electron chi connectivity index (χ2n) is 5.09. The van der Waals surface area contributed by atoms with Crippen molar-refractivity contribution in [3.05, 3.63) is 54.1 Å². The minimum atomic E-state index is 0.529. The van der Waals surface area contributed by atoms with Crippen LogP contribution in [0.3, 0.4) is 0 Å². The van der Waals surface area contributed by atoms with E-state index in [2.05, 4.69) is 36.6 Å². The highest BCUT2D eigenvalue weighted by Gasteiger charge is 2.02. The molecular formula is C17H20N2OS. The molecule has 2 rings (SSSR count). The first-order chi connectivity index (χ1) is 10.1. The third-order valence-electron chi connectivity index (χ3n) is 3.16. The van der Waals surface area contributed by atoms with Gasteiger partial charge in [-0.1, -0.05) is 32.0 Å². The number of benzene rings is 2. The summed E-state index contributed by atoms with van der Waals surface area (Å²) in [5.41, 5.74) is 3.18. The lowest BCUT2D eigenvalue weighted by atomic mass is 10.0. The summed E-state index contributed by atoms with van der Waals surface area (Å²) in [7, 11) is 1.64. The Kier molecular flexibility index (Phi) is 5.17. The number of nitrogens with one attached hydrogen (secondary N) is 2. The van der Waals surface area contributed by atoms with E-state index in [0.717, 1.165) is 17.1 Å². The summed E-state index contributed by atoms with van der Waals surface area (Å²) in [5, 5.41) is 6.87. The van der Waals surface area contributed by atoms with Crippen molar-refractivity contribution in [3.63, 3.8) is 0 Å². The first-order valence-electron chi connectivity index (χ1n) is 6.90. The van der Waals surface area contributed by atoms with Crippen molar-refractivity contribution >= 4 is 28.7 Å². The maximum atomic E-state index is 5.32. The second kappa shape index (κ2) is 7.09. The van der Waals surface area contributed by atoms with Crippen LogP contribution >= 0.6 is 12.2 Å². The Balaban J connectivity index is 1.97. The van der Waals surface area contributed by atoms with Gasteiger partial charge in [-0.05, 0) is 48.0 Å². The molecule has 0 aliphatic carbocycles. The van der Waals surface area contributed by atoms with Crippen LogP contribution in [0.5, 0.6) is 5.75 Å². The van der Waals surface area contributed by atoms with E-state index in [0.29, 0.717) is 11.0 Å². The molecule has 0 bridgehead atoms. The number of hydrogen-bond donors (Lipinski definition) is 2. The van der Waals surface area contributed by atoms with Crippen molar-refractivity contribution in [3.8, 4) is 5.75 Å². The lowest BCUT2D eigenvalue weighted by molar-refractivity contribution is 0.415. The van der Waals surface area contributed by atoms with Gasteiger partial charge in [-0.3, -0.25) is 0 Å². The Morgan fingerprint density at radius 3 is 2.29 bits per heavy atom. The van der Waals surface area contributed by atoms with Crippen LogP contribution in [0.25, 0.3) is 0 Å². The van der Waals surface area contributed by atoms with Crippen LogP contribution in [-0.2, 0) is 0 Å². The zero-order valence-corrected chi connectivity index (χ0v) is 13.3. The van der Waals surface area contributed by atoms with E-state index >= 15 is 0 Å². The molecule has 0 atom stereocenters. The Morgan fingerprint density at radius 2 is 1.67 bits per heavy atom. The summed E-state index contributed by atoms with van der Waals surface area (Å²) in [6, 6.07) is 16.0. The van der Waals surface area contributed by atoms with E-state index in [1.165, 1.54) is 5.56 Å². The fraction of sp³-hybridized carbons (Fsp3) is 0.235. The minimum absolute atomic E-state index is 0.529. The Hall–Kier alpha value is -2.07. The molecule has 2 aromatic carbocycles. The van der Waals surface area contributed by atoms with Gasteiger partial charge in [0, 0.05) is 17.4 Å². The average Bonchev–Trinajstić information content (AvgIpc) is 2.47. The predicted molar refractivity (Wildman–Crippen MR) is 93.4 cm³/mol. The molecular weight excluding hydrogens is 280 g/mol. The van der Waals surface area contributed by atoms with E-state index in [4.69, 9.17) is 17.0 Å². The molecule has 0 radical (unpaired) electrons. The number of methoxy groups -OCH3 is 1. The predicted octanol–water partition coefficient (Wildman–Crippen LogP) is 4.63. The fourth-order valence-corrected chi connectivity index (χ4v) is 2.18. The summed E-state index contributed by atoms with van der Waals surface area (Å²) >= 11 is 5.32. The van der Waals surface area contributed by atoms with Gasteiger partial charge in [-0.15, -0.1) is 0 Å². The second-order valence-corrected chi connectivity index (χ2v) is 5.50. The average molecular weight is 300 g/mol. The lowest BCUT2D eigenvalue weighted by Crippen LogP contribution is -2.19. The highest BCUT2D eigenvalue weighted by Crippen LogP contribution is 2.19. The van der Waals surface area contributed by atoms with E-state index < -0.39 is 0 Å². The molecule has 0 aliphatic rings. The van der Waals surface area contributed by atoms with E-state index in [1.807, 2.05) is 36.4 Å². The van der Waals surface area contributed by atoms with Crippen LogP contribution in [0.1, 0.15) is 25.3 Å². The van der Waals surface area contributed by atoms with Gasteiger partial charge in [0.05, 0.1) is 7.11 Å². The zero-order valence-electron chi connectivity index (χ0n) is 12.5. The zero-order chi connectivity index (χ0) is 15.2. The summed E-state index contributed by atoms with van der Waals surface area (Å²) in [4.78, 5) is 0. The summed E-state index contributed by atoms with van der Waals surface area (Å²) < 4.78 is 5.19. The standard InChI is InChI=1S/C17H20N2OS/c1-12(2)13-7-9-14(10-8-13)18-17(21)19-15-5-4-6-16(11-15)20-3/h4-12H,1-3H3,(H2,18,19,21). The Morgan fingerprint density at radius 1 is 1.00 bits per heavy atom. The van der Waals surface area contributed by atoms with Crippen molar-refractivity contribution in [2.24, 2.45) is 0 Å². The molecule has 0 unspecified atom stereocenters. The van der Waals surface area contributed by atoms with Gasteiger partial charge in [0.2, 0.25) is 0 Å². The number of ether oxygens (including phenoxy) is 1. The van der Waals surface area contributed by atoms with Crippen LogP contribution in [0.15, 0.2) is 48.5 Å². The van der Waals surface area contributed by atoms with Gasteiger partial charge in [-0.25, -0.2) is 0 Å². The third-order valence-corrected chi connectivity index (χ3v) is 3.37. The van der Waals surface area contributed by atoms with Gasteiger partial charge in [0.15, 0.2) is 5.11 Å². The van der Waals surface area contributed by atoms with Crippen LogP contribution in [0.2, 0.25) is 0 Å². The van der Waals surface area contributed by atoms with Crippen molar-refractivity contribution in [1.82, 2.24) is 0 Å². The first-order valence-corrected chi connectivity index (χ1v) is 7.31. The molecule has 0 aliphatic heterocycles. The number of hydrogen-bond acceptors (Lipinski definition) is 2. The number of rotatable bonds is 4. The van der Waals surface area contributed by atoms with Crippen molar-refractivity contribution in [2.75, 3.05) is 17.7 Å². The van der Waals surface area contributed by atoms with Gasteiger partial charge in [-0.2, -0.15) is 0 Å². The molecule has 0 amide bonds. The molecule has 110 valence electrons. The van der Waals surface area contributed by atoms with Gasteiger partial charge >= 0.3 is 0 Å². The van der Waals surface area contributed by atoms with Gasteiger partial charge in [0.1, 0.15) is 5.75 Å². The van der Waals surface area contributed by atoms with Crippen molar-refractivity contribution < 1.29 is 4.74 Å². The number of anilines is 2. The monoisotopic (exact) mass is 300 g/mol. The normalized spacial score (nSPS) is 10.3. The molecule has 0 aromatic heterocycles. The largest absolute Gasteiger partial charge is 0.497 e. The smallest absolute Gasteiger partial charge is 0.175 e. The molecule has 0 fully saturated rings. The molecule has 2 N–H and O–H groups in total. The highest BCUT2D eigenvalue weighted by atomic mass is 32.1. The maximum absolute atomic E-state index is 5.32. The molecule has 3 nitrogen and oxygen atoms in total. The molecule has 4 heteroatoms. The number of thiocarbonyl (C=S) groups is 1.